The van der Waals surface area contributed by atoms with E-state index in [2.05, 4.69) is 27.4 Å². The monoisotopic (exact) mass is 204 g/mol. The Morgan fingerprint density at radius 2 is 2.13 bits per heavy atom. The summed E-state index contributed by atoms with van der Waals surface area (Å²) in [5.41, 5.74) is 1.92. The second-order valence-electron chi connectivity index (χ2n) is 6.58. The fourth-order valence-corrected chi connectivity index (χ4v) is 5.06. The maximum atomic E-state index is 12.1. The number of ketones is 1. The van der Waals surface area contributed by atoms with Gasteiger partial charge in [0.25, 0.3) is 0 Å². The molecule has 0 amide bonds. The summed E-state index contributed by atoms with van der Waals surface area (Å²) in [6.07, 6.45) is 4.45. The van der Waals surface area contributed by atoms with E-state index in [1.807, 2.05) is 0 Å². The van der Waals surface area contributed by atoms with E-state index in [1.54, 1.807) is 0 Å². The van der Waals surface area contributed by atoms with Crippen molar-refractivity contribution in [3.05, 3.63) is 12.2 Å². The van der Waals surface area contributed by atoms with Crippen molar-refractivity contribution < 1.29 is 4.79 Å². The predicted molar refractivity (Wildman–Crippen MR) is 60.4 cm³/mol. The summed E-state index contributed by atoms with van der Waals surface area (Å²) in [4.78, 5) is 12.1. The highest BCUT2D eigenvalue weighted by atomic mass is 16.1. The van der Waals surface area contributed by atoms with Gasteiger partial charge in [-0.05, 0) is 42.9 Å². The molecule has 3 rings (SSSR count). The summed E-state index contributed by atoms with van der Waals surface area (Å²) < 4.78 is 0. The highest BCUT2D eigenvalue weighted by Crippen LogP contribution is 2.86. The Hall–Kier alpha value is -0.590. The van der Waals surface area contributed by atoms with Gasteiger partial charge in [0.05, 0.1) is 0 Å². The van der Waals surface area contributed by atoms with Gasteiger partial charge in [0, 0.05) is 11.8 Å². The van der Waals surface area contributed by atoms with Crippen LogP contribution in [-0.2, 0) is 4.79 Å². The van der Waals surface area contributed by atoms with Gasteiger partial charge in [-0.3, -0.25) is 4.79 Å². The summed E-state index contributed by atoms with van der Waals surface area (Å²) >= 11 is 0. The molecule has 0 aliphatic heterocycles. The van der Waals surface area contributed by atoms with Crippen molar-refractivity contribution in [3.8, 4) is 0 Å². The summed E-state index contributed by atoms with van der Waals surface area (Å²) in [5, 5.41) is 0. The van der Waals surface area contributed by atoms with E-state index < -0.39 is 0 Å². The third-order valence-corrected chi connectivity index (χ3v) is 5.91. The molecular weight excluding hydrogens is 184 g/mol. The maximum Gasteiger partial charge on any atom is 0.139 e. The molecule has 0 radical (unpaired) electrons. The minimum absolute atomic E-state index is 0.0157. The zero-order valence-electron chi connectivity index (χ0n) is 10.0. The quantitative estimate of drug-likeness (QED) is 0.599. The van der Waals surface area contributed by atoms with E-state index >= 15 is 0 Å². The molecule has 0 aromatic heterocycles. The largest absolute Gasteiger partial charge is 0.299 e. The van der Waals surface area contributed by atoms with Crippen LogP contribution in [-0.4, -0.2) is 5.78 Å². The third-order valence-electron chi connectivity index (χ3n) is 5.91. The summed E-state index contributed by atoms with van der Waals surface area (Å²) in [7, 11) is 0. The SMILES string of the molecule is C=C(C)[C@@H]1CC[C@@]2(C)CC(=O)[C@]3(C)C[C@]123. The molecule has 3 saturated carbocycles. The molecule has 3 fully saturated rings. The predicted octanol–water partition coefficient (Wildman–Crippen LogP) is 3.35. The van der Waals surface area contributed by atoms with Crippen molar-refractivity contribution in [3.63, 3.8) is 0 Å². The second kappa shape index (κ2) is 2.23. The molecule has 4 atom stereocenters. The fraction of sp³-hybridized carbons (Fsp3) is 0.786. The van der Waals surface area contributed by atoms with Gasteiger partial charge < -0.3 is 0 Å². The van der Waals surface area contributed by atoms with Crippen molar-refractivity contribution in [1.82, 2.24) is 0 Å². The number of hydrogen-bond donors (Lipinski definition) is 0. The van der Waals surface area contributed by atoms with Crippen molar-refractivity contribution in [2.45, 2.75) is 46.5 Å². The van der Waals surface area contributed by atoms with E-state index in [-0.39, 0.29) is 5.41 Å². The standard InChI is InChI=1S/C14H20O/c1-9(2)10-5-6-12(3)7-11(15)13(4)8-14(10,12)13/h10H,1,5-8H2,2-4H3/t10-,12-,13-,14-/m0/s1. The van der Waals surface area contributed by atoms with Gasteiger partial charge in [0.15, 0.2) is 0 Å². The van der Waals surface area contributed by atoms with Gasteiger partial charge in [-0.2, -0.15) is 0 Å². The number of allylic oxidation sites excluding steroid dienone is 1. The zero-order valence-corrected chi connectivity index (χ0v) is 10.0. The Bertz CT molecular complexity index is 383. The lowest BCUT2D eigenvalue weighted by Gasteiger charge is -2.31. The van der Waals surface area contributed by atoms with Crippen molar-refractivity contribution >= 4 is 5.78 Å². The van der Waals surface area contributed by atoms with Gasteiger partial charge in [0.2, 0.25) is 0 Å². The Labute approximate surface area is 91.9 Å². The van der Waals surface area contributed by atoms with Gasteiger partial charge in [-0.15, -0.1) is 0 Å². The molecule has 0 aromatic rings. The van der Waals surface area contributed by atoms with Gasteiger partial charge in [0.1, 0.15) is 5.78 Å². The molecule has 3 aliphatic carbocycles. The highest BCUT2D eigenvalue weighted by Gasteiger charge is 2.83. The molecule has 0 saturated heterocycles. The second-order valence-corrected chi connectivity index (χ2v) is 6.58. The Morgan fingerprint density at radius 1 is 1.47 bits per heavy atom. The Balaban J connectivity index is 2.12. The number of hydrogen-bond acceptors (Lipinski definition) is 1. The Kier molecular flexibility index (Phi) is 1.43. The average molecular weight is 204 g/mol. The van der Waals surface area contributed by atoms with E-state index in [0.29, 0.717) is 22.5 Å². The first-order valence-corrected chi connectivity index (χ1v) is 6.06. The zero-order chi connectivity index (χ0) is 11.1. The lowest BCUT2D eigenvalue weighted by Crippen LogP contribution is -2.26. The molecule has 3 aliphatic rings. The molecule has 0 bridgehead atoms. The summed E-state index contributed by atoms with van der Waals surface area (Å²) in [6, 6.07) is 0. The smallest absolute Gasteiger partial charge is 0.139 e. The first-order valence-electron chi connectivity index (χ1n) is 6.06. The van der Waals surface area contributed by atoms with Crippen LogP contribution >= 0.6 is 0 Å². The molecule has 0 N–H and O–H groups in total. The number of rotatable bonds is 1. The van der Waals surface area contributed by atoms with Crippen LogP contribution in [0.3, 0.4) is 0 Å². The van der Waals surface area contributed by atoms with Crippen molar-refractivity contribution in [1.29, 1.82) is 0 Å². The van der Waals surface area contributed by atoms with Gasteiger partial charge in [-0.25, -0.2) is 0 Å². The molecule has 0 aromatic carbocycles. The molecule has 1 heteroatoms. The minimum Gasteiger partial charge on any atom is -0.299 e. The van der Waals surface area contributed by atoms with Crippen LogP contribution < -0.4 is 0 Å². The van der Waals surface area contributed by atoms with E-state index in [1.165, 1.54) is 18.4 Å². The van der Waals surface area contributed by atoms with Crippen molar-refractivity contribution in [2.24, 2.45) is 22.2 Å². The van der Waals surface area contributed by atoms with Crippen LogP contribution in [0, 0.1) is 22.2 Å². The van der Waals surface area contributed by atoms with Crippen LogP contribution in [0.1, 0.15) is 46.5 Å². The van der Waals surface area contributed by atoms with Crippen LogP contribution in [0.25, 0.3) is 0 Å². The van der Waals surface area contributed by atoms with Crippen LogP contribution in [0.15, 0.2) is 12.2 Å². The number of Topliss-reactive ketones (excluding diaryl/α,β-unsaturated/α-hetero) is 1. The molecule has 0 unspecified atom stereocenters. The Morgan fingerprint density at radius 3 is 2.67 bits per heavy atom. The van der Waals surface area contributed by atoms with E-state index in [4.69, 9.17) is 0 Å². The normalized spacial score (nSPS) is 56.5. The van der Waals surface area contributed by atoms with Crippen LogP contribution in [0.5, 0.6) is 0 Å². The summed E-state index contributed by atoms with van der Waals surface area (Å²) in [6.45, 7) is 10.8. The molecule has 0 heterocycles. The molecule has 1 nitrogen and oxygen atoms in total. The minimum atomic E-state index is 0.0157. The van der Waals surface area contributed by atoms with E-state index in [9.17, 15) is 4.79 Å². The summed E-state index contributed by atoms with van der Waals surface area (Å²) in [5.74, 6) is 1.13. The third kappa shape index (κ3) is 0.745. The molecule has 82 valence electrons. The molecule has 15 heavy (non-hydrogen) atoms. The molecular formula is C14H20O. The highest BCUT2D eigenvalue weighted by molar-refractivity contribution is 5.93. The first kappa shape index (κ1) is 9.62. The lowest BCUT2D eigenvalue weighted by molar-refractivity contribution is -0.123. The van der Waals surface area contributed by atoms with Crippen LogP contribution in [0.2, 0.25) is 0 Å². The first-order chi connectivity index (χ1) is 6.87. The van der Waals surface area contributed by atoms with Crippen molar-refractivity contribution in [2.75, 3.05) is 0 Å². The number of carbonyl (C=O) groups is 1. The molecule has 1 spiro atoms. The maximum absolute atomic E-state index is 12.1. The van der Waals surface area contributed by atoms with Gasteiger partial charge in [-0.1, -0.05) is 26.0 Å². The number of carbonyl (C=O) groups excluding carboxylic acids is 1. The lowest BCUT2D eigenvalue weighted by atomic mass is 9.72. The van der Waals surface area contributed by atoms with Crippen LogP contribution in [0.4, 0.5) is 0 Å². The average Bonchev–Trinajstić information content (AvgIpc) is 2.58. The van der Waals surface area contributed by atoms with E-state index in [0.717, 1.165) is 12.8 Å². The van der Waals surface area contributed by atoms with Gasteiger partial charge >= 0.3 is 0 Å². The fourth-order valence-electron chi connectivity index (χ4n) is 5.06. The topological polar surface area (TPSA) is 17.1 Å².